The summed E-state index contributed by atoms with van der Waals surface area (Å²) in [6, 6.07) is 11.8. The van der Waals surface area contributed by atoms with Gasteiger partial charge in [-0.05, 0) is 35.7 Å². The van der Waals surface area contributed by atoms with Gasteiger partial charge in [0.2, 0.25) is 0 Å². The standard InChI is InChI=1S/C22H24N2O4.C2HF3O2/c25-21(20-11-17-3-1-2-4-19(17)28-20)24-14-22(15-24)12-18(7-10-27-22)26-13-16-5-8-23-9-6-16;3-2(4,5)1(6)7/h1-6,8-9,18,20H,7,10-15H2;(H,6,7). The van der Waals surface area contributed by atoms with Gasteiger partial charge in [0.25, 0.3) is 5.91 Å². The molecule has 0 saturated carbocycles. The van der Waals surface area contributed by atoms with E-state index in [1.54, 1.807) is 12.4 Å². The molecule has 35 heavy (non-hydrogen) atoms. The van der Waals surface area contributed by atoms with Crippen molar-refractivity contribution >= 4 is 11.9 Å². The zero-order chi connectivity index (χ0) is 25.1. The number of carboxylic acid groups (broad SMARTS) is 1. The second-order valence-electron chi connectivity index (χ2n) is 8.73. The van der Waals surface area contributed by atoms with Crippen molar-refractivity contribution in [2.24, 2.45) is 0 Å². The van der Waals surface area contributed by atoms with Crippen LogP contribution in [0.25, 0.3) is 0 Å². The number of ether oxygens (including phenoxy) is 3. The second-order valence-corrected chi connectivity index (χ2v) is 8.73. The molecule has 0 aliphatic carbocycles. The summed E-state index contributed by atoms with van der Waals surface area (Å²) in [6.07, 6.45) is 0.599. The third-order valence-electron chi connectivity index (χ3n) is 6.12. The zero-order valence-corrected chi connectivity index (χ0v) is 18.7. The minimum atomic E-state index is -5.08. The molecule has 1 spiro atoms. The number of hydrogen-bond acceptors (Lipinski definition) is 6. The third kappa shape index (κ3) is 6.09. The normalized spacial score (nSPS) is 22.3. The molecule has 2 aromatic rings. The van der Waals surface area contributed by atoms with E-state index in [0.717, 1.165) is 29.7 Å². The number of amides is 1. The van der Waals surface area contributed by atoms with E-state index in [4.69, 9.17) is 24.1 Å². The average Bonchev–Trinajstić information content (AvgIpc) is 3.26. The number of carbonyl (C=O) groups excluding carboxylic acids is 1. The molecule has 1 amide bonds. The van der Waals surface area contributed by atoms with Crippen LogP contribution in [0.3, 0.4) is 0 Å². The highest BCUT2D eigenvalue weighted by Gasteiger charge is 2.51. The molecular weight excluding hydrogens is 469 g/mol. The number of benzene rings is 1. The Morgan fingerprint density at radius 3 is 2.51 bits per heavy atom. The van der Waals surface area contributed by atoms with Crippen molar-refractivity contribution in [1.29, 1.82) is 0 Å². The predicted molar refractivity (Wildman–Crippen MR) is 116 cm³/mol. The van der Waals surface area contributed by atoms with E-state index in [0.29, 0.717) is 32.7 Å². The summed E-state index contributed by atoms with van der Waals surface area (Å²) in [5, 5.41) is 7.12. The van der Waals surface area contributed by atoms with Crippen molar-refractivity contribution in [1.82, 2.24) is 9.88 Å². The van der Waals surface area contributed by atoms with Crippen LogP contribution in [0, 0.1) is 0 Å². The topological polar surface area (TPSA) is 98.2 Å². The number of hydrogen-bond donors (Lipinski definition) is 1. The molecule has 5 rings (SSSR count). The van der Waals surface area contributed by atoms with E-state index < -0.39 is 18.2 Å². The smallest absolute Gasteiger partial charge is 0.480 e. The highest BCUT2D eigenvalue weighted by atomic mass is 19.4. The molecule has 4 heterocycles. The highest BCUT2D eigenvalue weighted by molar-refractivity contribution is 5.83. The van der Waals surface area contributed by atoms with Gasteiger partial charge in [0.1, 0.15) is 11.4 Å². The fourth-order valence-electron chi connectivity index (χ4n) is 4.37. The molecule has 8 nitrogen and oxygen atoms in total. The van der Waals surface area contributed by atoms with Crippen LogP contribution < -0.4 is 4.74 Å². The second kappa shape index (κ2) is 10.2. The van der Waals surface area contributed by atoms with Gasteiger partial charge in [0.05, 0.1) is 25.8 Å². The van der Waals surface area contributed by atoms with Crippen LogP contribution in [0.15, 0.2) is 48.8 Å². The Kier molecular flexibility index (Phi) is 7.27. The molecule has 3 aliphatic heterocycles. The van der Waals surface area contributed by atoms with Gasteiger partial charge in [-0.3, -0.25) is 9.78 Å². The Labute approximate surface area is 199 Å². The molecule has 1 N–H and O–H groups in total. The number of aliphatic carboxylic acids is 1. The van der Waals surface area contributed by atoms with Crippen LogP contribution in [0.5, 0.6) is 5.75 Å². The first kappa shape index (κ1) is 24.9. The fourth-order valence-corrected chi connectivity index (χ4v) is 4.37. The van der Waals surface area contributed by atoms with Crippen molar-refractivity contribution in [2.45, 2.75) is 49.9 Å². The van der Waals surface area contributed by atoms with E-state index in [-0.39, 0.29) is 17.6 Å². The first-order valence-corrected chi connectivity index (χ1v) is 11.1. The summed E-state index contributed by atoms with van der Waals surface area (Å²) in [6.45, 7) is 2.50. The van der Waals surface area contributed by atoms with Crippen LogP contribution >= 0.6 is 0 Å². The lowest BCUT2D eigenvalue weighted by atomic mass is 9.84. The summed E-state index contributed by atoms with van der Waals surface area (Å²) in [4.78, 5) is 27.6. The monoisotopic (exact) mass is 494 g/mol. The van der Waals surface area contributed by atoms with Crippen molar-refractivity contribution in [3.63, 3.8) is 0 Å². The van der Waals surface area contributed by atoms with E-state index in [1.165, 1.54) is 0 Å². The number of likely N-dealkylation sites (tertiary alicyclic amines) is 1. The molecule has 0 radical (unpaired) electrons. The Balaban J connectivity index is 0.000000364. The number of nitrogens with zero attached hydrogens (tertiary/aromatic N) is 2. The maximum Gasteiger partial charge on any atom is 0.490 e. The summed E-state index contributed by atoms with van der Waals surface area (Å²) >= 11 is 0. The maximum atomic E-state index is 12.8. The molecule has 2 fully saturated rings. The van der Waals surface area contributed by atoms with Gasteiger partial charge < -0.3 is 24.2 Å². The Morgan fingerprint density at radius 1 is 1.17 bits per heavy atom. The number of para-hydroxylation sites is 1. The van der Waals surface area contributed by atoms with Crippen molar-refractivity contribution in [3.8, 4) is 5.75 Å². The number of fused-ring (bicyclic) bond motifs is 1. The average molecular weight is 494 g/mol. The van der Waals surface area contributed by atoms with E-state index in [1.807, 2.05) is 41.3 Å². The van der Waals surface area contributed by atoms with Gasteiger partial charge >= 0.3 is 12.1 Å². The lowest BCUT2D eigenvalue weighted by Crippen LogP contribution is -2.68. The summed E-state index contributed by atoms with van der Waals surface area (Å²) in [7, 11) is 0. The van der Waals surface area contributed by atoms with Crippen LogP contribution in [0.2, 0.25) is 0 Å². The first-order chi connectivity index (χ1) is 16.7. The SMILES string of the molecule is O=C(C1Cc2ccccc2O1)N1CC2(CC(OCc3ccncc3)CCO2)C1.O=C(O)C(F)(F)F. The maximum absolute atomic E-state index is 12.8. The lowest BCUT2D eigenvalue weighted by Gasteiger charge is -2.53. The van der Waals surface area contributed by atoms with Crippen LogP contribution in [-0.2, 0) is 32.1 Å². The quantitative estimate of drug-likeness (QED) is 0.698. The molecule has 2 unspecified atom stereocenters. The summed E-state index contributed by atoms with van der Waals surface area (Å²) in [5.74, 6) is -1.87. The van der Waals surface area contributed by atoms with Crippen LogP contribution in [0.1, 0.15) is 24.0 Å². The van der Waals surface area contributed by atoms with Gasteiger partial charge in [-0.15, -0.1) is 0 Å². The number of halogens is 3. The number of pyridine rings is 1. The van der Waals surface area contributed by atoms with Crippen LogP contribution in [-0.4, -0.2) is 70.5 Å². The molecule has 3 aliphatic rings. The van der Waals surface area contributed by atoms with E-state index >= 15 is 0 Å². The highest BCUT2D eigenvalue weighted by Crippen LogP contribution is 2.37. The van der Waals surface area contributed by atoms with Crippen molar-refractivity contribution in [2.75, 3.05) is 19.7 Å². The molecular formula is C24H25F3N2O6. The number of rotatable bonds is 4. The Bertz CT molecular complexity index is 1020. The van der Waals surface area contributed by atoms with Crippen molar-refractivity contribution < 1.29 is 42.1 Å². The van der Waals surface area contributed by atoms with Gasteiger partial charge in [0.15, 0.2) is 6.10 Å². The van der Waals surface area contributed by atoms with Gasteiger partial charge in [-0.2, -0.15) is 13.2 Å². The largest absolute Gasteiger partial charge is 0.490 e. The Morgan fingerprint density at radius 2 is 1.86 bits per heavy atom. The zero-order valence-electron chi connectivity index (χ0n) is 18.7. The van der Waals surface area contributed by atoms with Crippen molar-refractivity contribution in [3.05, 3.63) is 59.9 Å². The molecule has 1 aromatic heterocycles. The molecule has 2 atom stereocenters. The summed E-state index contributed by atoms with van der Waals surface area (Å²) < 4.78 is 49.8. The molecule has 1 aromatic carbocycles. The van der Waals surface area contributed by atoms with Gasteiger partial charge in [0, 0.05) is 31.8 Å². The number of alkyl halides is 3. The minimum Gasteiger partial charge on any atom is -0.480 e. The van der Waals surface area contributed by atoms with E-state index in [2.05, 4.69) is 4.98 Å². The number of aromatic nitrogens is 1. The Hall–Kier alpha value is -3.18. The third-order valence-corrected chi connectivity index (χ3v) is 6.12. The van der Waals surface area contributed by atoms with Gasteiger partial charge in [-0.25, -0.2) is 4.79 Å². The predicted octanol–water partition coefficient (Wildman–Crippen LogP) is 3.00. The number of carboxylic acids is 1. The summed E-state index contributed by atoms with van der Waals surface area (Å²) in [5.41, 5.74) is 1.97. The first-order valence-electron chi connectivity index (χ1n) is 11.1. The fraction of sp³-hybridized carbons (Fsp3) is 0.458. The van der Waals surface area contributed by atoms with E-state index in [9.17, 15) is 18.0 Å². The lowest BCUT2D eigenvalue weighted by molar-refractivity contribution is -0.205. The minimum absolute atomic E-state index is 0.0604. The van der Waals surface area contributed by atoms with Gasteiger partial charge in [-0.1, -0.05) is 18.2 Å². The molecule has 11 heteroatoms. The van der Waals surface area contributed by atoms with Crippen LogP contribution in [0.4, 0.5) is 13.2 Å². The molecule has 188 valence electrons. The molecule has 0 bridgehead atoms. The number of carbonyl (C=O) groups is 2. The molecule has 2 saturated heterocycles.